The molecule has 2 aromatic heterocycles. The van der Waals surface area contributed by atoms with Gasteiger partial charge in [-0.15, -0.1) is 24.0 Å². The van der Waals surface area contributed by atoms with Crippen LogP contribution in [0.5, 0.6) is 0 Å². The van der Waals surface area contributed by atoms with Crippen LogP contribution in [0, 0.1) is 12.7 Å². The van der Waals surface area contributed by atoms with Crippen molar-refractivity contribution in [2.24, 2.45) is 4.99 Å². The number of nitrogens with zero attached hydrogens (tertiary/aromatic N) is 3. The molecule has 166 valence electrons. The normalized spacial score (nSPS) is 15.1. The van der Waals surface area contributed by atoms with Crippen molar-refractivity contribution >= 4 is 46.7 Å². The number of benzene rings is 1. The number of pyridine rings is 1. The minimum atomic E-state index is -0.207. The number of H-pyrrole nitrogens is 1. The van der Waals surface area contributed by atoms with Gasteiger partial charge >= 0.3 is 0 Å². The first-order valence-corrected chi connectivity index (χ1v) is 10.5. The molecule has 0 spiro atoms. The summed E-state index contributed by atoms with van der Waals surface area (Å²) in [4.78, 5) is 14.4. The number of rotatable bonds is 5. The predicted octanol–water partition coefficient (Wildman–Crippen LogP) is 4.00. The molecule has 0 amide bonds. The highest BCUT2D eigenvalue weighted by Gasteiger charge is 2.20. The molecule has 6 nitrogen and oxygen atoms in total. The molecule has 4 rings (SSSR count). The lowest BCUT2D eigenvalue weighted by molar-refractivity contribution is 0.459. The van der Waals surface area contributed by atoms with Crippen LogP contribution < -0.4 is 15.5 Å². The third-order valence-electron chi connectivity index (χ3n) is 5.70. The van der Waals surface area contributed by atoms with Gasteiger partial charge in [0.1, 0.15) is 11.6 Å². The number of hydrogen-bond acceptors (Lipinski definition) is 3. The van der Waals surface area contributed by atoms with Crippen molar-refractivity contribution < 1.29 is 4.39 Å². The number of guanidine groups is 1. The van der Waals surface area contributed by atoms with E-state index in [2.05, 4.69) is 49.6 Å². The van der Waals surface area contributed by atoms with Crippen molar-refractivity contribution in [2.45, 2.75) is 32.2 Å². The first-order chi connectivity index (χ1) is 14.6. The molecule has 1 aromatic carbocycles. The van der Waals surface area contributed by atoms with Crippen LogP contribution in [0.3, 0.4) is 0 Å². The summed E-state index contributed by atoms with van der Waals surface area (Å²) in [5.74, 6) is 1.66. The zero-order valence-electron chi connectivity index (χ0n) is 18.0. The Morgan fingerprint density at radius 1 is 1.26 bits per heavy atom. The summed E-state index contributed by atoms with van der Waals surface area (Å²) in [6, 6.07) is 9.44. The monoisotopic (exact) mass is 536 g/mol. The van der Waals surface area contributed by atoms with Gasteiger partial charge in [0.2, 0.25) is 0 Å². The molecule has 0 aliphatic carbocycles. The third kappa shape index (κ3) is 5.87. The van der Waals surface area contributed by atoms with Gasteiger partial charge in [0.25, 0.3) is 0 Å². The first kappa shape index (κ1) is 23.3. The molecule has 1 aliphatic heterocycles. The van der Waals surface area contributed by atoms with Gasteiger partial charge in [0.05, 0.1) is 0 Å². The molecular weight excluding hydrogens is 506 g/mol. The minimum Gasteiger partial charge on any atom is -0.361 e. The van der Waals surface area contributed by atoms with Crippen LogP contribution in [0.25, 0.3) is 10.9 Å². The zero-order valence-corrected chi connectivity index (χ0v) is 20.3. The highest BCUT2D eigenvalue weighted by molar-refractivity contribution is 14.0. The van der Waals surface area contributed by atoms with Crippen molar-refractivity contribution in [1.82, 2.24) is 20.6 Å². The van der Waals surface area contributed by atoms with E-state index in [1.165, 1.54) is 11.6 Å². The Labute approximate surface area is 199 Å². The van der Waals surface area contributed by atoms with Crippen molar-refractivity contribution in [1.29, 1.82) is 0 Å². The van der Waals surface area contributed by atoms with Gasteiger partial charge in [-0.05, 0) is 61.6 Å². The minimum absolute atomic E-state index is 0. The number of piperidine rings is 1. The number of aliphatic imine (C=N–C) groups is 1. The lowest BCUT2D eigenvalue weighted by atomic mass is 10.1. The van der Waals surface area contributed by atoms with E-state index in [9.17, 15) is 4.39 Å². The van der Waals surface area contributed by atoms with Crippen LogP contribution in [0.2, 0.25) is 0 Å². The fourth-order valence-electron chi connectivity index (χ4n) is 3.96. The summed E-state index contributed by atoms with van der Waals surface area (Å²) in [6.45, 7) is 4.74. The van der Waals surface area contributed by atoms with Gasteiger partial charge in [-0.3, -0.25) is 4.99 Å². The topological polar surface area (TPSA) is 68.3 Å². The number of anilines is 1. The zero-order chi connectivity index (χ0) is 20.9. The van der Waals surface area contributed by atoms with Crippen LogP contribution in [0.1, 0.15) is 24.0 Å². The van der Waals surface area contributed by atoms with Gasteiger partial charge in [-0.25, -0.2) is 9.37 Å². The molecule has 3 aromatic rings. The number of aromatic amines is 1. The highest BCUT2D eigenvalue weighted by Crippen LogP contribution is 2.20. The number of fused-ring (bicyclic) bond motifs is 1. The first-order valence-electron chi connectivity index (χ1n) is 10.5. The van der Waals surface area contributed by atoms with Gasteiger partial charge in [-0.1, -0.05) is 6.07 Å². The summed E-state index contributed by atoms with van der Waals surface area (Å²) < 4.78 is 13.5. The molecule has 1 aliphatic rings. The fourth-order valence-corrected chi connectivity index (χ4v) is 3.96. The average Bonchev–Trinajstić information content (AvgIpc) is 3.16. The van der Waals surface area contributed by atoms with E-state index in [0.29, 0.717) is 6.04 Å². The van der Waals surface area contributed by atoms with E-state index in [-0.39, 0.29) is 29.8 Å². The molecule has 1 saturated heterocycles. The Kier molecular flexibility index (Phi) is 8.11. The lowest BCUT2D eigenvalue weighted by Gasteiger charge is -2.33. The van der Waals surface area contributed by atoms with Crippen LogP contribution in [0.15, 0.2) is 47.7 Å². The Morgan fingerprint density at radius 2 is 2.06 bits per heavy atom. The van der Waals surface area contributed by atoms with Gasteiger partial charge in [0, 0.05) is 56.0 Å². The molecule has 0 atom stereocenters. The van der Waals surface area contributed by atoms with Gasteiger partial charge in [0.15, 0.2) is 5.96 Å². The lowest BCUT2D eigenvalue weighted by Crippen LogP contribution is -2.49. The maximum atomic E-state index is 13.5. The molecule has 3 N–H and O–H groups in total. The largest absolute Gasteiger partial charge is 0.361 e. The molecule has 0 radical (unpaired) electrons. The molecule has 3 heterocycles. The van der Waals surface area contributed by atoms with Gasteiger partial charge in [-0.2, -0.15) is 0 Å². The van der Waals surface area contributed by atoms with E-state index >= 15 is 0 Å². The number of nitrogens with one attached hydrogen (secondary N) is 3. The summed E-state index contributed by atoms with van der Waals surface area (Å²) in [7, 11) is 1.79. The Balaban J connectivity index is 0.00000272. The Morgan fingerprint density at radius 3 is 2.77 bits per heavy atom. The molecule has 0 bridgehead atoms. The quantitative estimate of drug-likeness (QED) is 0.262. The number of halogens is 2. The van der Waals surface area contributed by atoms with Crippen LogP contribution >= 0.6 is 24.0 Å². The van der Waals surface area contributed by atoms with E-state index in [4.69, 9.17) is 0 Å². The number of hydrogen-bond donors (Lipinski definition) is 3. The number of aromatic nitrogens is 2. The summed E-state index contributed by atoms with van der Waals surface area (Å²) >= 11 is 0. The van der Waals surface area contributed by atoms with Crippen molar-refractivity contribution in [3.63, 3.8) is 0 Å². The molecule has 31 heavy (non-hydrogen) atoms. The van der Waals surface area contributed by atoms with Crippen LogP contribution in [0.4, 0.5) is 10.2 Å². The van der Waals surface area contributed by atoms with E-state index in [1.54, 1.807) is 19.2 Å². The number of aryl methyl sites for hydroxylation is 1. The summed E-state index contributed by atoms with van der Waals surface area (Å²) in [6.07, 6.45) is 6.75. The second-order valence-corrected chi connectivity index (χ2v) is 7.85. The molecule has 1 fully saturated rings. The smallest absolute Gasteiger partial charge is 0.191 e. The summed E-state index contributed by atoms with van der Waals surface area (Å²) in [5.41, 5.74) is 3.25. The molecule has 8 heteroatoms. The maximum absolute atomic E-state index is 13.5. The Bertz CT molecular complexity index is 1010. The highest BCUT2D eigenvalue weighted by atomic mass is 127. The SMILES string of the molecule is CN=C(NCCc1c[nH]c2ccc(F)cc12)NC1CCN(c2ccc(C)cn2)CC1.I. The maximum Gasteiger partial charge on any atom is 0.191 e. The van der Waals surface area contributed by atoms with E-state index in [0.717, 1.165) is 67.1 Å². The van der Waals surface area contributed by atoms with Crippen molar-refractivity contribution in [3.8, 4) is 0 Å². The predicted molar refractivity (Wildman–Crippen MR) is 136 cm³/mol. The average molecular weight is 536 g/mol. The van der Waals surface area contributed by atoms with Crippen LogP contribution in [-0.2, 0) is 6.42 Å². The molecule has 0 unspecified atom stereocenters. The molecular formula is C23H30FIN6. The van der Waals surface area contributed by atoms with Crippen molar-refractivity contribution in [3.05, 3.63) is 59.7 Å². The molecule has 0 saturated carbocycles. The van der Waals surface area contributed by atoms with Crippen molar-refractivity contribution in [2.75, 3.05) is 31.6 Å². The van der Waals surface area contributed by atoms with E-state index < -0.39 is 0 Å². The van der Waals surface area contributed by atoms with Crippen LogP contribution in [-0.4, -0.2) is 48.7 Å². The third-order valence-corrected chi connectivity index (χ3v) is 5.70. The Hall–Kier alpha value is -2.36. The fraction of sp³-hybridized carbons (Fsp3) is 0.391. The standard InChI is InChI=1S/C23H29FN6.HI/c1-16-3-6-22(28-14-16)30-11-8-19(9-12-30)29-23(25-2)26-10-7-17-15-27-21-5-4-18(24)13-20(17)21;/h3-6,13-15,19,27H,7-12H2,1-2H3,(H2,25,26,29);1H. The second-order valence-electron chi connectivity index (χ2n) is 7.85. The van der Waals surface area contributed by atoms with E-state index in [1.807, 2.05) is 12.4 Å². The summed E-state index contributed by atoms with van der Waals surface area (Å²) in [5, 5.41) is 7.87. The second kappa shape index (κ2) is 10.8. The van der Waals surface area contributed by atoms with Gasteiger partial charge < -0.3 is 20.5 Å².